The van der Waals surface area contributed by atoms with Crippen molar-refractivity contribution in [1.29, 1.82) is 0 Å². The lowest BCUT2D eigenvalue weighted by atomic mass is 9.58. The minimum Gasteiger partial charge on any atom is -0.468 e. The molecule has 1 aromatic heterocycles. The Morgan fingerprint density at radius 2 is 2.19 bits per heavy atom. The first kappa shape index (κ1) is 14.1. The second-order valence-corrected chi connectivity index (χ2v) is 6.09. The Morgan fingerprint density at radius 3 is 2.86 bits per heavy atom. The average Bonchev–Trinajstić information content (AvgIpc) is 2.45. The lowest BCUT2D eigenvalue weighted by Crippen LogP contribution is -2.47. The first-order chi connectivity index (χ1) is 10.0. The smallest absolute Gasteiger partial charge is 0.320 e. The van der Waals surface area contributed by atoms with Gasteiger partial charge in [-0.3, -0.25) is 9.78 Å². The molecule has 0 unspecified atom stereocenters. The zero-order chi connectivity index (χ0) is 15.2. The Kier molecular flexibility index (Phi) is 3.23. The molecule has 2 aliphatic rings. The van der Waals surface area contributed by atoms with Gasteiger partial charge in [0, 0.05) is 23.7 Å². The minimum absolute atomic E-state index is 0.167. The first-order valence-electron chi connectivity index (χ1n) is 7.42. The molecule has 1 heterocycles. The van der Waals surface area contributed by atoms with Crippen molar-refractivity contribution in [3.05, 3.63) is 52.4 Å². The summed E-state index contributed by atoms with van der Waals surface area (Å²) in [5.41, 5.74) is 4.80. The van der Waals surface area contributed by atoms with Crippen LogP contribution >= 0.6 is 0 Å². The zero-order valence-corrected chi connectivity index (χ0v) is 13.1. The average molecular weight is 283 g/mol. The molecule has 0 saturated carbocycles. The molecule has 1 aromatic rings. The van der Waals surface area contributed by atoms with E-state index in [1.165, 1.54) is 12.7 Å². The molecule has 0 saturated heterocycles. The van der Waals surface area contributed by atoms with Crippen molar-refractivity contribution in [3.8, 4) is 0 Å². The van der Waals surface area contributed by atoms with Gasteiger partial charge in [0.05, 0.1) is 7.11 Å². The van der Waals surface area contributed by atoms with Crippen molar-refractivity contribution in [3.63, 3.8) is 0 Å². The number of ether oxygens (including phenoxy) is 1. The van der Waals surface area contributed by atoms with E-state index in [2.05, 4.69) is 30.1 Å². The maximum Gasteiger partial charge on any atom is 0.320 e. The molecule has 0 aromatic carbocycles. The van der Waals surface area contributed by atoms with Crippen LogP contribution < -0.4 is 0 Å². The van der Waals surface area contributed by atoms with Gasteiger partial charge in [-0.2, -0.15) is 0 Å². The van der Waals surface area contributed by atoms with E-state index >= 15 is 0 Å². The first-order valence-corrected chi connectivity index (χ1v) is 7.42. The van der Waals surface area contributed by atoms with Crippen LogP contribution in [0, 0.1) is 12.8 Å². The van der Waals surface area contributed by atoms with E-state index in [9.17, 15) is 4.79 Å². The molecule has 3 nitrogen and oxygen atoms in total. The number of carbonyl (C=O) groups excluding carboxylic acids is 1. The molecule has 0 N–H and O–H groups in total. The highest BCUT2D eigenvalue weighted by Gasteiger charge is 2.52. The molecule has 3 rings (SSSR count). The van der Waals surface area contributed by atoms with Gasteiger partial charge in [-0.05, 0) is 44.4 Å². The molecule has 0 radical (unpaired) electrons. The Hall–Kier alpha value is -1.90. The zero-order valence-electron chi connectivity index (χ0n) is 13.1. The maximum atomic E-state index is 12.7. The van der Waals surface area contributed by atoms with Gasteiger partial charge in [0.1, 0.15) is 5.41 Å². The third-order valence-electron chi connectivity index (χ3n) is 4.75. The highest BCUT2D eigenvalue weighted by molar-refractivity contribution is 5.89. The van der Waals surface area contributed by atoms with E-state index in [0.29, 0.717) is 6.42 Å². The summed E-state index contributed by atoms with van der Waals surface area (Å²) < 4.78 is 5.20. The fraction of sp³-hybridized carbons (Fsp3) is 0.444. The topological polar surface area (TPSA) is 39.2 Å². The van der Waals surface area contributed by atoms with E-state index < -0.39 is 5.41 Å². The van der Waals surface area contributed by atoms with Crippen LogP contribution in [0.4, 0.5) is 0 Å². The SMILES string of the molecule is C/C=C1\[C@H]2C=C(C)C[C@]1(C(=O)OC)c1ccc(C)nc1C2. The van der Waals surface area contributed by atoms with Crippen molar-refractivity contribution < 1.29 is 9.53 Å². The van der Waals surface area contributed by atoms with Crippen LogP contribution in [0.3, 0.4) is 0 Å². The van der Waals surface area contributed by atoms with Gasteiger partial charge in [0.2, 0.25) is 0 Å². The number of nitrogens with zero attached hydrogens (tertiary/aromatic N) is 1. The monoisotopic (exact) mass is 283 g/mol. The maximum absolute atomic E-state index is 12.7. The number of carbonyl (C=O) groups is 1. The van der Waals surface area contributed by atoms with Crippen molar-refractivity contribution >= 4 is 5.97 Å². The lowest BCUT2D eigenvalue weighted by molar-refractivity contribution is -0.146. The van der Waals surface area contributed by atoms with E-state index in [-0.39, 0.29) is 11.9 Å². The summed E-state index contributed by atoms with van der Waals surface area (Å²) in [4.78, 5) is 17.4. The summed E-state index contributed by atoms with van der Waals surface area (Å²) in [5, 5.41) is 0. The molecule has 2 aliphatic carbocycles. The molecule has 2 atom stereocenters. The molecule has 3 heteroatoms. The summed E-state index contributed by atoms with van der Waals surface area (Å²) in [5.74, 6) is 0.0873. The second kappa shape index (κ2) is 4.83. The van der Waals surface area contributed by atoms with Crippen LogP contribution in [-0.4, -0.2) is 18.1 Å². The molecule has 2 bridgehead atoms. The van der Waals surface area contributed by atoms with Gasteiger partial charge in [-0.25, -0.2) is 0 Å². The number of aromatic nitrogens is 1. The molecule has 0 aliphatic heterocycles. The van der Waals surface area contributed by atoms with Crippen LogP contribution in [0.1, 0.15) is 37.2 Å². The van der Waals surface area contributed by atoms with Crippen molar-refractivity contribution in [2.45, 2.75) is 39.0 Å². The Balaban J connectivity index is 2.33. The number of allylic oxidation sites excluding steroid dienone is 3. The number of fused-ring (bicyclic) bond motifs is 4. The summed E-state index contributed by atoms with van der Waals surface area (Å²) >= 11 is 0. The van der Waals surface area contributed by atoms with E-state index in [1.54, 1.807) is 0 Å². The molecular weight excluding hydrogens is 262 g/mol. The van der Waals surface area contributed by atoms with Gasteiger partial charge in [-0.15, -0.1) is 0 Å². The predicted octanol–water partition coefficient (Wildman–Crippen LogP) is 3.27. The predicted molar refractivity (Wildman–Crippen MR) is 82.0 cm³/mol. The van der Waals surface area contributed by atoms with Crippen LogP contribution in [0.15, 0.2) is 35.4 Å². The number of hydrogen-bond acceptors (Lipinski definition) is 3. The van der Waals surface area contributed by atoms with Gasteiger partial charge in [-0.1, -0.05) is 23.8 Å². The van der Waals surface area contributed by atoms with Gasteiger partial charge in [0.15, 0.2) is 0 Å². The number of rotatable bonds is 1. The second-order valence-electron chi connectivity index (χ2n) is 6.09. The van der Waals surface area contributed by atoms with Crippen LogP contribution in [0.25, 0.3) is 0 Å². The van der Waals surface area contributed by atoms with E-state index in [4.69, 9.17) is 4.74 Å². The summed E-state index contributed by atoms with van der Waals surface area (Å²) in [6, 6.07) is 4.05. The van der Waals surface area contributed by atoms with Crippen molar-refractivity contribution in [1.82, 2.24) is 4.98 Å². The number of methoxy groups -OCH3 is 1. The van der Waals surface area contributed by atoms with E-state index in [0.717, 1.165) is 28.9 Å². The molecule has 0 amide bonds. The molecule has 0 spiro atoms. The molecular formula is C18H21NO2. The number of aryl methyl sites for hydroxylation is 1. The highest BCUT2D eigenvalue weighted by Crippen LogP contribution is 2.51. The van der Waals surface area contributed by atoms with E-state index in [1.807, 2.05) is 19.9 Å². The Morgan fingerprint density at radius 1 is 1.43 bits per heavy atom. The quantitative estimate of drug-likeness (QED) is 0.586. The van der Waals surface area contributed by atoms with Crippen LogP contribution in [0.2, 0.25) is 0 Å². The summed E-state index contributed by atoms with van der Waals surface area (Å²) in [6.45, 7) is 6.11. The summed E-state index contributed by atoms with van der Waals surface area (Å²) in [6.07, 6.45) is 5.93. The Labute approximate surface area is 125 Å². The number of hydrogen-bond donors (Lipinski definition) is 0. The van der Waals surface area contributed by atoms with Crippen molar-refractivity contribution in [2.75, 3.05) is 7.11 Å². The molecule has 110 valence electrons. The Bertz CT molecular complexity index is 672. The fourth-order valence-corrected chi connectivity index (χ4v) is 4.05. The number of pyridine rings is 1. The largest absolute Gasteiger partial charge is 0.468 e. The van der Waals surface area contributed by atoms with Gasteiger partial charge < -0.3 is 4.74 Å². The normalized spacial score (nSPS) is 28.9. The number of esters is 1. The minimum atomic E-state index is -0.679. The van der Waals surface area contributed by atoms with Gasteiger partial charge in [0.25, 0.3) is 0 Å². The molecule has 21 heavy (non-hydrogen) atoms. The lowest BCUT2D eigenvalue weighted by Gasteiger charge is -2.45. The van der Waals surface area contributed by atoms with Crippen molar-refractivity contribution in [2.24, 2.45) is 5.92 Å². The van der Waals surface area contributed by atoms with Crippen LogP contribution in [-0.2, 0) is 21.4 Å². The van der Waals surface area contributed by atoms with Gasteiger partial charge >= 0.3 is 5.97 Å². The standard InChI is InChI=1S/C18H21NO2/c1-5-14-13-8-11(2)10-18(14,17(20)21-4)15-7-6-12(3)19-16(15)9-13/h5-8,13H,9-10H2,1-4H3/b14-5+/t13-,18+/m0/s1. The fourth-order valence-electron chi connectivity index (χ4n) is 4.05. The summed E-state index contributed by atoms with van der Waals surface area (Å²) in [7, 11) is 1.48. The third-order valence-corrected chi connectivity index (χ3v) is 4.75. The third kappa shape index (κ3) is 1.87. The molecule has 0 fully saturated rings. The highest BCUT2D eigenvalue weighted by atomic mass is 16.5. The van der Waals surface area contributed by atoms with Crippen LogP contribution in [0.5, 0.6) is 0 Å².